The van der Waals surface area contributed by atoms with Gasteiger partial charge in [-0.15, -0.1) is 0 Å². The molecule has 1 heteroatoms. The van der Waals surface area contributed by atoms with Crippen molar-refractivity contribution in [1.82, 2.24) is 0 Å². The van der Waals surface area contributed by atoms with Gasteiger partial charge in [-0.2, -0.15) is 0 Å². The smallest absolute Gasteiger partial charge is 0.0571 e. The minimum absolute atomic E-state index is 0.0415. The Morgan fingerprint density at radius 2 is 2.06 bits per heavy atom. The molecule has 1 N–H and O–H groups in total. The van der Waals surface area contributed by atoms with Crippen molar-refractivity contribution < 1.29 is 5.11 Å². The lowest BCUT2D eigenvalue weighted by Gasteiger charge is -2.47. The van der Waals surface area contributed by atoms with E-state index in [1.807, 2.05) is 0 Å². The van der Waals surface area contributed by atoms with Crippen LogP contribution in [0.15, 0.2) is 0 Å². The molecular formula is C15H28O. The molecule has 0 aromatic rings. The number of fused-ring (bicyclic) bond motifs is 2. The summed E-state index contributed by atoms with van der Waals surface area (Å²) >= 11 is 0. The first-order chi connectivity index (χ1) is 7.48. The van der Waals surface area contributed by atoms with Crippen LogP contribution in [0.25, 0.3) is 0 Å². The van der Waals surface area contributed by atoms with Gasteiger partial charge in [0, 0.05) is 0 Å². The molecule has 0 radical (unpaired) electrons. The van der Waals surface area contributed by atoms with E-state index in [1.165, 1.54) is 38.5 Å². The number of aliphatic hydroxyl groups excluding tert-OH is 1. The van der Waals surface area contributed by atoms with Crippen molar-refractivity contribution in [3.63, 3.8) is 0 Å². The summed E-state index contributed by atoms with van der Waals surface area (Å²) in [5.74, 6) is 2.13. The van der Waals surface area contributed by atoms with Gasteiger partial charge in [-0.1, -0.05) is 33.6 Å². The number of hydrogen-bond acceptors (Lipinski definition) is 1. The lowest BCUT2D eigenvalue weighted by atomic mass is 9.58. The van der Waals surface area contributed by atoms with Crippen LogP contribution >= 0.6 is 0 Å². The third kappa shape index (κ3) is 2.80. The van der Waals surface area contributed by atoms with Gasteiger partial charge in [0.1, 0.15) is 0 Å². The molecule has 2 aliphatic rings. The van der Waals surface area contributed by atoms with Crippen LogP contribution in [0.2, 0.25) is 0 Å². The molecule has 0 heterocycles. The minimum Gasteiger partial charge on any atom is -0.393 e. The van der Waals surface area contributed by atoms with Gasteiger partial charge in [0.25, 0.3) is 0 Å². The van der Waals surface area contributed by atoms with Crippen molar-refractivity contribution in [2.75, 3.05) is 0 Å². The van der Waals surface area contributed by atoms with Gasteiger partial charge in [0.15, 0.2) is 0 Å². The maximum atomic E-state index is 10.3. The molecule has 4 unspecified atom stereocenters. The molecule has 0 saturated heterocycles. The van der Waals surface area contributed by atoms with Gasteiger partial charge in [0.05, 0.1) is 6.10 Å². The fourth-order valence-electron chi connectivity index (χ4n) is 4.22. The second-order valence-corrected chi connectivity index (χ2v) is 7.17. The monoisotopic (exact) mass is 224 g/mol. The van der Waals surface area contributed by atoms with E-state index in [1.54, 1.807) is 0 Å². The molecule has 94 valence electrons. The molecule has 2 saturated carbocycles. The van der Waals surface area contributed by atoms with Crippen molar-refractivity contribution in [2.45, 2.75) is 71.8 Å². The Balaban J connectivity index is 1.96. The van der Waals surface area contributed by atoms with Crippen molar-refractivity contribution in [2.24, 2.45) is 23.2 Å². The number of hydrogen-bond donors (Lipinski definition) is 1. The Bertz CT molecular complexity index is 236. The summed E-state index contributed by atoms with van der Waals surface area (Å²) < 4.78 is 0. The third-order valence-corrected chi connectivity index (χ3v) is 4.82. The predicted octanol–water partition coefficient (Wildman–Crippen LogP) is 4.00. The molecule has 2 bridgehead atoms. The van der Waals surface area contributed by atoms with E-state index in [0.717, 1.165) is 12.3 Å². The van der Waals surface area contributed by atoms with Gasteiger partial charge < -0.3 is 5.11 Å². The molecule has 2 fully saturated rings. The predicted molar refractivity (Wildman–Crippen MR) is 68.3 cm³/mol. The van der Waals surface area contributed by atoms with Crippen LogP contribution in [0, 0.1) is 23.2 Å². The van der Waals surface area contributed by atoms with E-state index in [-0.39, 0.29) is 6.10 Å². The van der Waals surface area contributed by atoms with Crippen LogP contribution in [0.4, 0.5) is 0 Å². The quantitative estimate of drug-likeness (QED) is 0.768. The summed E-state index contributed by atoms with van der Waals surface area (Å²) in [4.78, 5) is 0. The molecule has 0 aromatic heterocycles. The first-order valence-corrected chi connectivity index (χ1v) is 7.16. The van der Waals surface area contributed by atoms with E-state index in [4.69, 9.17) is 0 Å². The minimum atomic E-state index is -0.0415. The Morgan fingerprint density at radius 3 is 2.69 bits per heavy atom. The second-order valence-electron chi connectivity index (χ2n) is 7.17. The van der Waals surface area contributed by atoms with Crippen molar-refractivity contribution in [1.29, 1.82) is 0 Å². The maximum absolute atomic E-state index is 10.3. The van der Waals surface area contributed by atoms with Gasteiger partial charge in [-0.25, -0.2) is 0 Å². The highest BCUT2D eigenvalue weighted by Crippen LogP contribution is 2.51. The largest absolute Gasteiger partial charge is 0.393 e. The summed E-state index contributed by atoms with van der Waals surface area (Å²) in [6.07, 6.45) is 9.19. The SMILES string of the molecule is CC(C)CC(O)C1CC2CCCC(C)(C2)C1. The maximum Gasteiger partial charge on any atom is 0.0571 e. The Morgan fingerprint density at radius 1 is 1.31 bits per heavy atom. The topological polar surface area (TPSA) is 20.2 Å². The number of rotatable bonds is 3. The van der Waals surface area contributed by atoms with Crippen LogP contribution in [-0.4, -0.2) is 11.2 Å². The zero-order valence-corrected chi connectivity index (χ0v) is 11.2. The molecular weight excluding hydrogens is 196 g/mol. The fourth-order valence-corrected chi connectivity index (χ4v) is 4.22. The average molecular weight is 224 g/mol. The van der Waals surface area contributed by atoms with E-state index < -0.39 is 0 Å². The van der Waals surface area contributed by atoms with E-state index in [2.05, 4.69) is 20.8 Å². The molecule has 0 aliphatic heterocycles. The third-order valence-electron chi connectivity index (χ3n) is 4.82. The van der Waals surface area contributed by atoms with Crippen LogP contribution in [0.3, 0.4) is 0 Å². The average Bonchev–Trinajstić information content (AvgIpc) is 2.14. The zero-order valence-electron chi connectivity index (χ0n) is 11.2. The van der Waals surface area contributed by atoms with Gasteiger partial charge >= 0.3 is 0 Å². The van der Waals surface area contributed by atoms with Gasteiger partial charge in [-0.05, 0) is 55.3 Å². The molecule has 4 atom stereocenters. The standard InChI is InChI=1S/C15H28O/c1-11(2)7-14(16)13-8-12-5-4-6-15(3,9-12)10-13/h11-14,16H,4-10H2,1-3H3. The molecule has 2 aliphatic carbocycles. The molecule has 0 spiro atoms. The summed E-state index contributed by atoms with van der Waals surface area (Å²) in [7, 11) is 0. The first kappa shape index (κ1) is 12.4. The van der Waals surface area contributed by atoms with Crippen molar-refractivity contribution >= 4 is 0 Å². The second kappa shape index (κ2) is 4.68. The summed E-state index contributed by atoms with van der Waals surface area (Å²) in [5.41, 5.74) is 0.559. The van der Waals surface area contributed by atoms with Crippen molar-refractivity contribution in [3.8, 4) is 0 Å². The van der Waals surface area contributed by atoms with Crippen LogP contribution < -0.4 is 0 Å². The van der Waals surface area contributed by atoms with E-state index in [0.29, 0.717) is 17.3 Å². The van der Waals surface area contributed by atoms with Crippen LogP contribution in [-0.2, 0) is 0 Å². The highest BCUT2D eigenvalue weighted by molar-refractivity contribution is 4.92. The molecule has 16 heavy (non-hydrogen) atoms. The summed E-state index contributed by atoms with van der Waals surface area (Å²) in [6.45, 7) is 6.89. The van der Waals surface area contributed by atoms with Gasteiger partial charge in [0.2, 0.25) is 0 Å². The molecule has 0 aromatic carbocycles. The zero-order chi connectivity index (χ0) is 11.8. The lowest BCUT2D eigenvalue weighted by Crippen LogP contribution is -2.39. The highest BCUT2D eigenvalue weighted by atomic mass is 16.3. The first-order valence-electron chi connectivity index (χ1n) is 7.16. The normalized spacial score (nSPS) is 41.1. The summed E-state index contributed by atoms with van der Waals surface area (Å²) in [5, 5.41) is 10.3. The number of aliphatic hydroxyl groups is 1. The molecule has 0 amide bonds. The van der Waals surface area contributed by atoms with Gasteiger partial charge in [-0.3, -0.25) is 0 Å². The molecule has 2 rings (SSSR count). The summed E-state index contributed by atoms with van der Waals surface area (Å²) in [6, 6.07) is 0. The van der Waals surface area contributed by atoms with E-state index >= 15 is 0 Å². The van der Waals surface area contributed by atoms with Crippen LogP contribution in [0.5, 0.6) is 0 Å². The Hall–Kier alpha value is -0.0400. The fraction of sp³-hybridized carbons (Fsp3) is 1.00. The van der Waals surface area contributed by atoms with Crippen LogP contribution in [0.1, 0.15) is 65.7 Å². The lowest BCUT2D eigenvalue weighted by molar-refractivity contribution is -0.0158. The van der Waals surface area contributed by atoms with E-state index in [9.17, 15) is 5.11 Å². The Kier molecular flexibility index (Phi) is 3.63. The molecule has 1 nitrogen and oxygen atoms in total. The highest BCUT2D eigenvalue weighted by Gasteiger charge is 2.41. The van der Waals surface area contributed by atoms with Crippen molar-refractivity contribution in [3.05, 3.63) is 0 Å². The Labute approximate surface area is 101 Å².